The number of carbonyl (C=O) groups excluding carboxylic acids is 1. The quantitative estimate of drug-likeness (QED) is 0.780. The van der Waals surface area contributed by atoms with E-state index >= 15 is 0 Å². The molecule has 16 heavy (non-hydrogen) atoms. The Hall–Kier alpha value is -1.75. The number of hydrogen-bond acceptors (Lipinski definition) is 4. The third-order valence-electron chi connectivity index (χ3n) is 2.43. The van der Waals surface area contributed by atoms with Crippen LogP contribution in [0.15, 0.2) is 18.5 Å². The molecule has 0 aromatic carbocycles. The Morgan fingerprint density at radius 1 is 1.56 bits per heavy atom. The van der Waals surface area contributed by atoms with Crippen LogP contribution in [-0.4, -0.2) is 26.7 Å². The first kappa shape index (κ1) is 10.8. The molecule has 2 heterocycles. The fraction of sp³-hybridized carbons (Fsp3) is 0.364. The molecule has 84 valence electrons. The molecule has 0 amide bonds. The molecule has 0 bridgehead atoms. The molecule has 0 atom stereocenters. The van der Waals surface area contributed by atoms with Crippen LogP contribution in [0.25, 0.3) is 5.78 Å². The van der Waals surface area contributed by atoms with Crippen molar-refractivity contribution in [3.63, 3.8) is 0 Å². The SMILES string of the molecule is CC(C)c1nc2ncccn2c1C(=O)CN. The van der Waals surface area contributed by atoms with Crippen molar-refractivity contribution < 1.29 is 4.79 Å². The molecule has 0 saturated carbocycles. The van der Waals surface area contributed by atoms with Gasteiger partial charge in [0.2, 0.25) is 5.78 Å². The second-order valence-corrected chi connectivity index (χ2v) is 3.92. The molecule has 2 rings (SSSR count). The monoisotopic (exact) mass is 218 g/mol. The zero-order valence-corrected chi connectivity index (χ0v) is 9.34. The summed E-state index contributed by atoms with van der Waals surface area (Å²) in [6.07, 6.45) is 3.44. The Morgan fingerprint density at radius 3 is 2.94 bits per heavy atom. The lowest BCUT2D eigenvalue weighted by Crippen LogP contribution is -2.17. The van der Waals surface area contributed by atoms with E-state index in [2.05, 4.69) is 9.97 Å². The van der Waals surface area contributed by atoms with Crippen LogP contribution in [0.1, 0.15) is 35.9 Å². The average Bonchev–Trinajstić information content (AvgIpc) is 2.67. The molecule has 0 spiro atoms. The van der Waals surface area contributed by atoms with E-state index in [4.69, 9.17) is 5.73 Å². The van der Waals surface area contributed by atoms with Gasteiger partial charge >= 0.3 is 0 Å². The molecule has 2 aromatic rings. The highest BCUT2D eigenvalue weighted by Gasteiger charge is 2.20. The van der Waals surface area contributed by atoms with E-state index in [0.717, 1.165) is 5.69 Å². The number of aromatic nitrogens is 3. The van der Waals surface area contributed by atoms with Gasteiger partial charge in [-0.15, -0.1) is 0 Å². The van der Waals surface area contributed by atoms with Crippen LogP contribution in [0, 0.1) is 0 Å². The molecule has 0 fully saturated rings. The molecule has 0 aliphatic heterocycles. The zero-order chi connectivity index (χ0) is 11.7. The van der Waals surface area contributed by atoms with Gasteiger partial charge in [-0.05, 0) is 12.0 Å². The molecule has 0 saturated heterocycles. The maximum atomic E-state index is 11.8. The minimum Gasteiger partial charge on any atom is -0.324 e. The molecule has 2 aromatic heterocycles. The highest BCUT2D eigenvalue weighted by Crippen LogP contribution is 2.19. The van der Waals surface area contributed by atoms with Crippen LogP contribution in [0.3, 0.4) is 0 Å². The van der Waals surface area contributed by atoms with Crippen LogP contribution in [0.4, 0.5) is 0 Å². The van der Waals surface area contributed by atoms with Gasteiger partial charge in [0.25, 0.3) is 0 Å². The third kappa shape index (κ3) is 1.59. The lowest BCUT2D eigenvalue weighted by Gasteiger charge is -2.04. The van der Waals surface area contributed by atoms with Gasteiger partial charge in [0.15, 0.2) is 5.78 Å². The summed E-state index contributed by atoms with van der Waals surface area (Å²) in [6, 6.07) is 1.77. The number of imidazole rings is 1. The molecule has 5 heteroatoms. The first-order chi connectivity index (χ1) is 7.65. The van der Waals surface area contributed by atoms with Crippen molar-refractivity contribution >= 4 is 11.6 Å². The van der Waals surface area contributed by atoms with Crippen molar-refractivity contribution in [1.29, 1.82) is 0 Å². The van der Waals surface area contributed by atoms with Crippen molar-refractivity contribution in [2.24, 2.45) is 5.73 Å². The van der Waals surface area contributed by atoms with E-state index in [-0.39, 0.29) is 18.2 Å². The Balaban J connectivity index is 2.74. The van der Waals surface area contributed by atoms with Gasteiger partial charge in [0.05, 0.1) is 12.2 Å². The van der Waals surface area contributed by atoms with Crippen molar-refractivity contribution in [1.82, 2.24) is 14.4 Å². The smallest absolute Gasteiger partial charge is 0.234 e. The summed E-state index contributed by atoms with van der Waals surface area (Å²) < 4.78 is 1.70. The minimum atomic E-state index is -0.107. The Kier molecular flexibility index (Phi) is 2.70. The number of nitrogens with zero attached hydrogens (tertiary/aromatic N) is 3. The number of hydrogen-bond donors (Lipinski definition) is 1. The van der Waals surface area contributed by atoms with Gasteiger partial charge in [-0.25, -0.2) is 9.97 Å². The predicted octanol–water partition coefficient (Wildman–Crippen LogP) is 0.994. The van der Waals surface area contributed by atoms with Crippen LogP contribution < -0.4 is 5.73 Å². The van der Waals surface area contributed by atoms with E-state index in [1.807, 2.05) is 13.8 Å². The van der Waals surface area contributed by atoms with Crippen LogP contribution in [-0.2, 0) is 0 Å². The zero-order valence-electron chi connectivity index (χ0n) is 9.34. The summed E-state index contributed by atoms with van der Waals surface area (Å²) in [5.41, 5.74) is 6.73. The molecule has 0 radical (unpaired) electrons. The van der Waals surface area contributed by atoms with Crippen LogP contribution >= 0.6 is 0 Å². The maximum absolute atomic E-state index is 11.8. The van der Waals surface area contributed by atoms with E-state index < -0.39 is 0 Å². The molecule has 0 unspecified atom stereocenters. The molecule has 5 nitrogen and oxygen atoms in total. The topological polar surface area (TPSA) is 73.3 Å². The number of rotatable bonds is 3. The van der Waals surface area contributed by atoms with Gasteiger partial charge in [-0.1, -0.05) is 13.8 Å². The van der Waals surface area contributed by atoms with E-state index in [0.29, 0.717) is 11.5 Å². The van der Waals surface area contributed by atoms with E-state index in [1.54, 1.807) is 22.9 Å². The first-order valence-electron chi connectivity index (χ1n) is 5.21. The summed E-state index contributed by atoms with van der Waals surface area (Å²) in [5, 5.41) is 0. The summed E-state index contributed by atoms with van der Waals surface area (Å²) in [7, 11) is 0. The number of carbonyl (C=O) groups is 1. The fourth-order valence-corrected chi connectivity index (χ4v) is 1.68. The van der Waals surface area contributed by atoms with Crippen LogP contribution in [0.2, 0.25) is 0 Å². The van der Waals surface area contributed by atoms with Crippen molar-refractivity contribution in [3.8, 4) is 0 Å². The highest BCUT2D eigenvalue weighted by molar-refractivity contribution is 5.97. The van der Waals surface area contributed by atoms with Gasteiger partial charge in [0, 0.05) is 12.4 Å². The first-order valence-corrected chi connectivity index (χ1v) is 5.21. The molecule has 2 N–H and O–H groups in total. The summed E-state index contributed by atoms with van der Waals surface area (Å²) >= 11 is 0. The number of ketones is 1. The van der Waals surface area contributed by atoms with Crippen molar-refractivity contribution in [3.05, 3.63) is 29.8 Å². The van der Waals surface area contributed by atoms with Crippen LogP contribution in [0.5, 0.6) is 0 Å². The second-order valence-electron chi connectivity index (χ2n) is 3.92. The largest absolute Gasteiger partial charge is 0.324 e. The van der Waals surface area contributed by atoms with Gasteiger partial charge in [-0.2, -0.15) is 0 Å². The van der Waals surface area contributed by atoms with Gasteiger partial charge in [0.1, 0.15) is 5.69 Å². The minimum absolute atomic E-state index is 0.0115. The third-order valence-corrected chi connectivity index (χ3v) is 2.43. The molecular weight excluding hydrogens is 204 g/mol. The lowest BCUT2D eigenvalue weighted by molar-refractivity contribution is 0.0994. The second kappa shape index (κ2) is 4.02. The fourth-order valence-electron chi connectivity index (χ4n) is 1.68. The average molecular weight is 218 g/mol. The molecule has 0 aliphatic rings. The Morgan fingerprint density at radius 2 is 2.31 bits per heavy atom. The summed E-state index contributed by atoms with van der Waals surface area (Å²) in [5.74, 6) is 0.611. The van der Waals surface area contributed by atoms with Crippen molar-refractivity contribution in [2.75, 3.05) is 6.54 Å². The Bertz CT molecular complexity index is 530. The lowest BCUT2D eigenvalue weighted by atomic mass is 10.1. The Labute approximate surface area is 93.3 Å². The number of nitrogens with two attached hydrogens (primary N) is 1. The van der Waals surface area contributed by atoms with Gasteiger partial charge in [-0.3, -0.25) is 9.20 Å². The molecule has 0 aliphatic carbocycles. The highest BCUT2D eigenvalue weighted by atomic mass is 16.1. The van der Waals surface area contributed by atoms with Gasteiger partial charge < -0.3 is 5.73 Å². The number of fused-ring (bicyclic) bond motifs is 1. The molecular formula is C11H14N4O. The maximum Gasteiger partial charge on any atom is 0.234 e. The van der Waals surface area contributed by atoms with Crippen molar-refractivity contribution in [2.45, 2.75) is 19.8 Å². The number of Topliss-reactive ketones (excluding diaryl/α,β-unsaturated/α-hetero) is 1. The standard InChI is InChI=1S/C11H14N4O/c1-7(2)9-10(8(16)6-12)15-5-3-4-13-11(15)14-9/h3-5,7H,6,12H2,1-2H3. The normalized spacial score (nSPS) is 11.2. The predicted molar refractivity (Wildman–Crippen MR) is 60.5 cm³/mol. The van der Waals surface area contributed by atoms with E-state index in [9.17, 15) is 4.79 Å². The van der Waals surface area contributed by atoms with E-state index in [1.165, 1.54) is 0 Å². The summed E-state index contributed by atoms with van der Waals surface area (Å²) in [4.78, 5) is 20.3. The summed E-state index contributed by atoms with van der Waals surface area (Å²) in [6.45, 7) is 3.98.